The zero-order valence-electron chi connectivity index (χ0n) is 26.0. The van der Waals surface area contributed by atoms with Gasteiger partial charge in [0.2, 0.25) is 5.91 Å². The number of aliphatic hydroxyl groups is 1. The Hall–Kier alpha value is -4.45. The van der Waals surface area contributed by atoms with Crippen molar-refractivity contribution in [3.63, 3.8) is 0 Å². The number of rotatable bonds is 8. The van der Waals surface area contributed by atoms with Gasteiger partial charge in [0, 0.05) is 47.6 Å². The number of thiazole rings is 2. The lowest BCUT2D eigenvalue weighted by Crippen LogP contribution is -2.67. The van der Waals surface area contributed by atoms with Gasteiger partial charge in [0.25, 0.3) is 0 Å². The maximum atomic E-state index is 12.6. The molecule has 1 aliphatic carbocycles. The smallest absolute Gasteiger partial charge is 0.408 e. The van der Waals surface area contributed by atoms with E-state index < -0.39 is 28.7 Å². The SMILES string of the molecule is CC(C)(C)N(C(=O)O)[C@]1(c2ccc(-c3nc(-c4cnc(-c5ccc(CC(N)=O)nc5)s4)sc3-c3ccccc3)cc2)C[C@](C)(O)C1. The molecule has 0 radical (unpaired) electrons. The van der Waals surface area contributed by atoms with E-state index >= 15 is 0 Å². The zero-order valence-corrected chi connectivity index (χ0v) is 27.7. The maximum absolute atomic E-state index is 12.6. The molecule has 0 bridgehead atoms. The van der Waals surface area contributed by atoms with Crippen molar-refractivity contribution in [3.8, 4) is 42.2 Å². The van der Waals surface area contributed by atoms with Crippen LogP contribution in [0.4, 0.5) is 4.79 Å². The number of carbonyl (C=O) groups excluding carboxylic acids is 1. The molecule has 0 spiro atoms. The van der Waals surface area contributed by atoms with Crippen LogP contribution in [0.5, 0.6) is 0 Å². The minimum atomic E-state index is -1.01. The number of hydrogen-bond acceptors (Lipinski definition) is 8. The number of carbonyl (C=O) groups is 2. The topological polar surface area (TPSA) is 143 Å². The molecule has 0 aliphatic heterocycles. The van der Waals surface area contributed by atoms with E-state index in [4.69, 9.17) is 10.7 Å². The first-order chi connectivity index (χ1) is 21.8. The van der Waals surface area contributed by atoms with Gasteiger partial charge in [-0.3, -0.25) is 14.7 Å². The molecule has 6 rings (SSSR count). The third-order valence-corrected chi connectivity index (χ3v) is 10.5. The molecule has 1 aliphatic rings. The fourth-order valence-corrected chi connectivity index (χ4v) is 8.54. The highest BCUT2D eigenvalue weighted by Crippen LogP contribution is 2.55. The van der Waals surface area contributed by atoms with E-state index in [1.54, 1.807) is 30.5 Å². The summed E-state index contributed by atoms with van der Waals surface area (Å²) in [5.41, 5.74) is 7.91. The molecule has 11 heteroatoms. The van der Waals surface area contributed by atoms with Gasteiger partial charge in [-0.05, 0) is 51.0 Å². The number of nitrogens with two attached hydrogens (primary N) is 1. The number of carboxylic acid groups (broad SMARTS) is 1. The van der Waals surface area contributed by atoms with Gasteiger partial charge in [0.15, 0.2) is 0 Å². The van der Waals surface area contributed by atoms with Crippen LogP contribution in [0.25, 0.3) is 42.2 Å². The Morgan fingerprint density at radius 3 is 2.13 bits per heavy atom. The molecular formula is C35H35N5O4S2. The van der Waals surface area contributed by atoms with Gasteiger partial charge in [-0.2, -0.15) is 0 Å². The summed E-state index contributed by atoms with van der Waals surface area (Å²) in [5.74, 6) is -0.428. The predicted molar refractivity (Wildman–Crippen MR) is 181 cm³/mol. The largest absolute Gasteiger partial charge is 0.465 e. The second-order valence-electron chi connectivity index (χ2n) is 13.0. The van der Waals surface area contributed by atoms with E-state index in [1.807, 2.05) is 75.5 Å². The molecule has 2 amide bonds. The summed E-state index contributed by atoms with van der Waals surface area (Å²) in [7, 11) is 0. The second-order valence-corrected chi connectivity index (χ2v) is 15.1. The summed E-state index contributed by atoms with van der Waals surface area (Å²) in [6, 6.07) is 21.7. The number of amides is 2. The minimum Gasteiger partial charge on any atom is -0.465 e. The zero-order chi connectivity index (χ0) is 32.9. The Kier molecular flexibility index (Phi) is 8.04. The van der Waals surface area contributed by atoms with Crippen LogP contribution in [-0.4, -0.2) is 53.2 Å². The summed E-state index contributed by atoms with van der Waals surface area (Å²) >= 11 is 3.10. The standard InChI is InChI=1S/C35H35N5O4S2/c1-33(2,3)40(32(42)43)35(19-34(4,44)20-35)24-13-10-21(11-14-24)28-29(22-8-6-5-7-9-22)46-31(39-28)26-18-38-30(45-26)23-12-15-25(37-17-23)16-27(36)41/h5-15,17-18,44H,16,19-20H2,1-4H3,(H2,36,41)(H,42,43)/t34-,35+. The average Bonchev–Trinajstić information content (AvgIpc) is 3.64. The first-order valence-corrected chi connectivity index (χ1v) is 16.5. The molecule has 1 saturated carbocycles. The van der Waals surface area contributed by atoms with E-state index in [0.29, 0.717) is 18.5 Å². The van der Waals surface area contributed by atoms with Crippen molar-refractivity contribution >= 4 is 34.7 Å². The lowest BCUT2D eigenvalue weighted by Gasteiger charge is -2.60. The lowest BCUT2D eigenvalue weighted by atomic mass is 9.60. The number of hydrogen-bond donors (Lipinski definition) is 3. The number of aromatic nitrogens is 3. The van der Waals surface area contributed by atoms with Crippen molar-refractivity contribution in [1.29, 1.82) is 0 Å². The highest BCUT2D eigenvalue weighted by molar-refractivity contribution is 7.25. The Morgan fingerprint density at radius 1 is 0.891 bits per heavy atom. The van der Waals surface area contributed by atoms with Gasteiger partial charge in [-0.1, -0.05) is 54.6 Å². The Balaban J connectivity index is 1.37. The normalized spacial score (nSPS) is 19.4. The van der Waals surface area contributed by atoms with E-state index in [0.717, 1.165) is 47.7 Å². The van der Waals surface area contributed by atoms with Crippen molar-refractivity contribution in [2.45, 2.75) is 63.6 Å². The Labute approximate surface area is 275 Å². The number of pyridine rings is 1. The third kappa shape index (κ3) is 6.05. The first-order valence-electron chi connectivity index (χ1n) is 14.9. The Morgan fingerprint density at radius 2 is 1.57 bits per heavy atom. The monoisotopic (exact) mass is 653 g/mol. The van der Waals surface area contributed by atoms with E-state index in [9.17, 15) is 19.8 Å². The van der Waals surface area contributed by atoms with Crippen LogP contribution < -0.4 is 5.73 Å². The van der Waals surface area contributed by atoms with Gasteiger partial charge < -0.3 is 15.9 Å². The molecule has 0 saturated heterocycles. The van der Waals surface area contributed by atoms with Crippen LogP contribution >= 0.6 is 22.7 Å². The first kappa shape index (κ1) is 31.5. The van der Waals surface area contributed by atoms with E-state index in [1.165, 1.54) is 16.2 Å². The molecule has 2 aromatic carbocycles. The highest BCUT2D eigenvalue weighted by Gasteiger charge is 2.59. The van der Waals surface area contributed by atoms with Crippen LogP contribution in [0.15, 0.2) is 79.1 Å². The molecule has 9 nitrogen and oxygen atoms in total. The summed E-state index contributed by atoms with van der Waals surface area (Å²) in [4.78, 5) is 41.3. The molecule has 3 heterocycles. The number of primary amides is 1. The van der Waals surface area contributed by atoms with Gasteiger partial charge >= 0.3 is 6.09 Å². The summed E-state index contributed by atoms with van der Waals surface area (Å²) in [5, 5.41) is 22.7. The van der Waals surface area contributed by atoms with Crippen LogP contribution in [0.2, 0.25) is 0 Å². The molecule has 3 aromatic heterocycles. The quantitative estimate of drug-likeness (QED) is 0.161. The molecule has 4 N–H and O–H groups in total. The van der Waals surface area contributed by atoms with Crippen LogP contribution in [0, 0.1) is 0 Å². The number of nitrogens with zero attached hydrogens (tertiary/aromatic N) is 4. The van der Waals surface area contributed by atoms with Crippen LogP contribution in [0.1, 0.15) is 51.8 Å². The second kappa shape index (κ2) is 11.7. The molecular weight excluding hydrogens is 619 g/mol. The van der Waals surface area contributed by atoms with Crippen molar-refractivity contribution in [1.82, 2.24) is 19.9 Å². The molecule has 5 aromatic rings. The van der Waals surface area contributed by atoms with Crippen molar-refractivity contribution in [3.05, 3.63) is 90.4 Å². The summed E-state index contributed by atoms with van der Waals surface area (Å²) < 4.78 is 0. The molecule has 0 unspecified atom stereocenters. The lowest BCUT2D eigenvalue weighted by molar-refractivity contribution is -0.152. The van der Waals surface area contributed by atoms with Crippen molar-refractivity contribution in [2.24, 2.45) is 5.73 Å². The number of benzene rings is 2. The molecule has 0 atom stereocenters. The average molecular weight is 654 g/mol. The van der Waals surface area contributed by atoms with Gasteiger partial charge in [-0.25, -0.2) is 14.8 Å². The predicted octanol–water partition coefficient (Wildman–Crippen LogP) is 7.21. The minimum absolute atomic E-state index is 0.0880. The van der Waals surface area contributed by atoms with Crippen molar-refractivity contribution < 1.29 is 19.8 Å². The Bertz CT molecular complexity index is 1880. The van der Waals surface area contributed by atoms with Crippen LogP contribution in [-0.2, 0) is 16.8 Å². The summed E-state index contributed by atoms with van der Waals surface area (Å²) in [6.07, 6.45) is 3.22. The fraction of sp³-hybridized carbons (Fsp3) is 0.286. The van der Waals surface area contributed by atoms with Gasteiger partial charge in [0.1, 0.15) is 10.0 Å². The molecule has 1 fully saturated rings. The van der Waals surface area contributed by atoms with Gasteiger partial charge in [-0.15, -0.1) is 22.7 Å². The third-order valence-electron chi connectivity index (χ3n) is 8.14. The maximum Gasteiger partial charge on any atom is 0.408 e. The summed E-state index contributed by atoms with van der Waals surface area (Å²) in [6.45, 7) is 7.40. The van der Waals surface area contributed by atoms with Crippen LogP contribution in [0.3, 0.4) is 0 Å². The van der Waals surface area contributed by atoms with E-state index in [-0.39, 0.29) is 6.42 Å². The van der Waals surface area contributed by atoms with E-state index in [2.05, 4.69) is 22.1 Å². The highest BCUT2D eigenvalue weighted by atomic mass is 32.1. The van der Waals surface area contributed by atoms with Gasteiger partial charge in [0.05, 0.1) is 33.0 Å². The molecule has 236 valence electrons. The van der Waals surface area contributed by atoms with Crippen molar-refractivity contribution in [2.75, 3.05) is 0 Å². The molecule has 46 heavy (non-hydrogen) atoms. The fourth-order valence-electron chi connectivity index (χ4n) is 6.50.